The minimum absolute atomic E-state index is 0.0319. The molecule has 0 spiro atoms. The predicted octanol–water partition coefficient (Wildman–Crippen LogP) is 3.24. The number of carbonyl (C=O) groups is 1. The van der Waals surface area contributed by atoms with Gasteiger partial charge in [0.05, 0.1) is 24.2 Å². The van der Waals surface area contributed by atoms with Crippen molar-refractivity contribution >= 4 is 22.6 Å². The normalized spacial score (nSPS) is 15.8. The summed E-state index contributed by atoms with van der Waals surface area (Å²) in [6, 6.07) is 16.3. The first kappa shape index (κ1) is 15.4. The van der Waals surface area contributed by atoms with Crippen LogP contribution in [0.4, 0.5) is 5.82 Å². The third-order valence-corrected chi connectivity index (χ3v) is 4.66. The largest absolute Gasteiger partial charge is 0.496 e. The van der Waals surface area contributed by atoms with Gasteiger partial charge in [-0.15, -0.1) is 0 Å². The summed E-state index contributed by atoms with van der Waals surface area (Å²) >= 11 is 0. The van der Waals surface area contributed by atoms with Gasteiger partial charge >= 0.3 is 0 Å². The van der Waals surface area contributed by atoms with Crippen LogP contribution in [0.25, 0.3) is 10.9 Å². The highest BCUT2D eigenvalue weighted by molar-refractivity contribution is 6.01. The van der Waals surface area contributed by atoms with Crippen LogP contribution in [-0.4, -0.2) is 18.0 Å². The second kappa shape index (κ2) is 6.09. The Morgan fingerprint density at radius 1 is 1.40 bits per heavy atom. The maximum absolute atomic E-state index is 11.9. The van der Waals surface area contributed by atoms with Crippen molar-refractivity contribution < 1.29 is 9.53 Å². The standard InChI is InChI=1S/C20H18N3O2/c1-25-17-8-4-6-12-9-10-16(18(12)17)23-20-14(19(21)24)11-13-5-2-3-7-15(13)22-20/h3-8,11,16H,9-10H2,1H3,(H2,21,24)(H,22,23). The maximum atomic E-state index is 11.9. The molecule has 1 heterocycles. The summed E-state index contributed by atoms with van der Waals surface area (Å²) in [6.07, 6.45) is 1.87. The van der Waals surface area contributed by atoms with Gasteiger partial charge in [-0.25, -0.2) is 4.98 Å². The van der Waals surface area contributed by atoms with E-state index in [1.54, 1.807) is 25.3 Å². The lowest BCUT2D eigenvalue weighted by Gasteiger charge is -2.19. The summed E-state index contributed by atoms with van der Waals surface area (Å²) in [5, 5.41) is 4.25. The molecular formula is C20H18N3O2. The molecule has 1 aliphatic carbocycles. The number of aromatic nitrogens is 1. The number of hydrogen-bond donors (Lipinski definition) is 2. The average molecular weight is 332 g/mol. The minimum Gasteiger partial charge on any atom is -0.496 e. The first-order valence-corrected chi connectivity index (χ1v) is 8.20. The molecule has 125 valence electrons. The summed E-state index contributed by atoms with van der Waals surface area (Å²) in [5.74, 6) is 0.859. The zero-order valence-electron chi connectivity index (χ0n) is 13.9. The highest BCUT2D eigenvalue weighted by Gasteiger charge is 2.27. The Labute approximate surface area is 145 Å². The van der Waals surface area contributed by atoms with Crippen LogP contribution in [0.3, 0.4) is 0 Å². The van der Waals surface area contributed by atoms with Crippen molar-refractivity contribution in [1.29, 1.82) is 0 Å². The van der Waals surface area contributed by atoms with Crippen molar-refractivity contribution in [3.8, 4) is 5.75 Å². The first-order valence-electron chi connectivity index (χ1n) is 8.20. The minimum atomic E-state index is -0.501. The van der Waals surface area contributed by atoms with Crippen molar-refractivity contribution in [3.63, 3.8) is 0 Å². The monoisotopic (exact) mass is 332 g/mol. The SMILES string of the molecule is COc1cccc2c1C(Nc1nc3cc[c]cc3cc1C(N)=O)CC2. The lowest BCUT2D eigenvalue weighted by atomic mass is 10.1. The molecule has 5 nitrogen and oxygen atoms in total. The number of aryl methyl sites for hydroxylation is 1. The number of nitrogens with one attached hydrogen (secondary N) is 1. The van der Waals surface area contributed by atoms with Crippen molar-refractivity contribution in [2.24, 2.45) is 5.73 Å². The van der Waals surface area contributed by atoms with E-state index in [2.05, 4.69) is 22.4 Å². The molecule has 1 atom stereocenters. The van der Waals surface area contributed by atoms with Crippen LogP contribution < -0.4 is 15.8 Å². The van der Waals surface area contributed by atoms with Gasteiger partial charge < -0.3 is 15.8 Å². The van der Waals surface area contributed by atoms with Crippen molar-refractivity contribution in [1.82, 2.24) is 4.98 Å². The van der Waals surface area contributed by atoms with E-state index in [1.165, 1.54) is 5.56 Å². The number of fused-ring (bicyclic) bond motifs is 2. The summed E-state index contributed by atoms with van der Waals surface area (Å²) in [4.78, 5) is 16.5. The molecule has 2 aromatic carbocycles. The fourth-order valence-corrected chi connectivity index (χ4v) is 3.49. The molecule has 0 fully saturated rings. The van der Waals surface area contributed by atoms with Crippen LogP contribution in [0.2, 0.25) is 0 Å². The number of methoxy groups -OCH3 is 1. The van der Waals surface area contributed by atoms with E-state index >= 15 is 0 Å². The molecule has 1 unspecified atom stereocenters. The lowest BCUT2D eigenvalue weighted by Crippen LogP contribution is -2.18. The third-order valence-electron chi connectivity index (χ3n) is 4.66. The Kier molecular flexibility index (Phi) is 3.76. The molecule has 4 rings (SSSR count). The van der Waals surface area contributed by atoms with Gasteiger partial charge in [0.2, 0.25) is 0 Å². The Bertz CT molecular complexity index is 968. The van der Waals surface area contributed by atoms with Crippen LogP contribution in [0.5, 0.6) is 5.75 Å². The molecule has 1 amide bonds. The van der Waals surface area contributed by atoms with Gasteiger partial charge in [0.15, 0.2) is 0 Å². The number of ether oxygens (including phenoxy) is 1. The number of nitrogens with two attached hydrogens (primary N) is 1. The quantitative estimate of drug-likeness (QED) is 0.769. The summed E-state index contributed by atoms with van der Waals surface area (Å²) in [7, 11) is 1.67. The van der Waals surface area contributed by atoms with Crippen LogP contribution >= 0.6 is 0 Å². The average Bonchev–Trinajstić information content (AvgIpc) is 3.04. The smallest absolute Gasteiger partial charge is 0.252 e. The molecule has 0 aliphatic heterocycles. The number of amides is 1. The van der Waals surface area contributed by atoms with E-state index in [0.29, 0.717) is 11.4 Å². The van der Waals surface area contributed by atoms with Crippen LogP contribution in [-0.2, 0) is 6.42 Å². The highest BCUT2D eigenvalue weighted by atomic mass is 16.5. The second-order valence-electron chi connectivity index (χ2n) is 6.14. The molecular weight excluding hydrogens is 314 g/mol. The molecule has 5 heteroatoms. The van der Waals surface area contributed by atoms with Crippen molar-refractivity contribution in [2.45, 2.75) is 18.9 Å². The second-order valence-corrected chi connectivity index (χ2v) is 6.14. The third kappa shape index (κ3) is 2.67. The molecule has 0 saturated heterocycles. The van der Waals surface area contributed by atoms with E-state index in [9.17, 15) is 4.79 Å². The van der Waals surface area contributed by atoms with E-state index in [1.807, 2.05) is 18.2 Å². The number of nitrogens with zero attached hydrogens (tertiary/aromatic N) is 1. The van der Waals surface area contributed by atoms with Crippen LogP contribution in [0, 0.1) is 6.07 Å². The van der Waals surface area contributed by atoms with E-state index in [4.69, 9.17) is 10.5 Å². The van der Waals surface area contributed by atoms with Gasteiger partial charge in [-0.2, -0.15) is 0 Å². The molecule has 0 saturated carbocycles. The van der Waals surface area contributed by atoms with Gasteiger partial charge in [0.1, 0.15) is 11.6 Å². The Balaban J connectivity index is 1.78. The number of primary amides is 1. The number of anilines is 1. The first-order chi connectivity index (χ1) is 12.2. The van der Waals surface area contributed by atoms with Crippen LogP contribution in [0.15, 0.2) is 42.5 Å². The molecule has 3 aromatic rings. The van der Waals surface area contributed by atoms with E-state index in [-0.39, 0.29) is 6.04 Å². The molecule has 0 bridgehead atoms. The van der Waals surface area contributed by atoms with Gasteiger partial charge in [-0.05, 0) is 48.7 Å². The molecule has 1 radical (unpaired) electrons. The van der Waals surface area contributed by atoms with Crippen molar-refractivity contribution in [2.75, 3.05) is 12.4 Å². The molecule has 25 heavy (non-hydrogen) atoms. The number of benzene rings is 2. The zero-order valence-corrected chi connectivity index (χ0v) is 13.9. The number of hydrogen-bond acceptors (Lipinski definition) is 4. The lowest BCUT2D eigenvalue weighted by molar-refractivity contribution is 0.100. The Hall–Kier alpha value is -3.08. The van der Waals surface area contributed by atoms with E-state index in [0.717, 1.165) is 35.1 Å². The van der Waals surface area contributed by atoms with Gasteiger partial charge in [-0.3, -0.25) is 4.79 Å². The number of rotatable bonds is 4. The number of carbonyl (C=O) groups excluding carboxylic acids is 1. The summed E-state index contributed by atoms with van der Waals surface area (Å²) in [6.45, 7) is 0. The van der Waals surface area contributed by atoms with E-state index < -0.39 is 5.91 Å². The Morgan fingerprint density at radius 3 is 3.08 bits per heavy atom. The summed E-state index contributed by atoms with van der Waals surface area (Å²) in [5.41, 5.74) is 9.14. The van der Waals surface area contributed by atoms with Crippen LogP contribution in [0.1, 0.15) is 33.9 Å². The summed E-state index contributed by atoms with van der Waals surface area (Å²) < 4.78 is 5.52. The fraction of sp³-hybridized carbons (Fsp3) is 0.200. The van der Waals surface area contributed by atoms with Gasteiger partial charge in [0.25, 0.3) is 5.91 Å². The highest BCUT2D eigenvalue weighted by Crippen LogP contribution is 2.40. The molecule has 1 aliphatic rings. The topological polar surface area (TPSA) is 77.2 Å². The number of pyridine rings is 1. The molecule has 3 N–H and O–H groups in total. The van der Waals surface area contributed by atoms with Gasteiger partial charge in [0, 0.05) is 10.9 Å². The zero-order chi connectivity index (χ0) is 17.4. The maximum Gasteiger partial charge on any atom is 0.252 e. The Morgan fingerprint density at radius 2 is 2.28 bits per heavy atom. The molecule has 1 aromatic heterocycles. The van der Waals surface area contributed by atoms with Gasteiger partial charge in [-0.1, -0.05) is 18.2 Å². The predicted molar refractivity (Wildman–Crippen MR) is 96.8 cm³/mol. The van der Waals surface area contributed by atoms with Crippen molar-refractivity contribution in [3.05, 3.63) is 65.2 Å². The fourth-order valence-electron chi connectivity index (χ4n) is 3.49.